The Balaban J connectivity index is 1.80. The molecule has 7 heteroatoms. The summed E-state index contributed by atoms with van der Waals surface area (Å²) in [5, 5.41) is 2.36. The van der Waals surface area contributed by atoms with E-state index < -0.39 is 24.3 Å². The summed E-state index contributed by atoms with van der Waals surface area (Å²) < 4.78 is 19.4. The SMILES string of the molecule is Cc1cc(SCC(=O)OCC(=O)Nc2ccccc2F)c(C)cc1Br. The van der Waals surface area contributed by atoms with E-state index >= 15 is 0 Å². The van der Waals surface area contributed by atoms with Crippen LogP contribution in [-0.4, -0.2) is 24.2 Å². The van der Waals surface area contributed by atoms with Crippen LogP contribution in [0.4, 0.5) is 10.1 Å². The van der Waals surface area contributed by atoms with Gasteiger partial charge in [0.1, 0.15) is 5.82 Å². The van der Waals surface area contributed by atoms with Crippen molar-refractivity contribution < 1.29 is 18.7 Å². The zero-order chi connectivity index (χ0) is 18.4. The van der Waals surface area contributed by atoms with E-state index in [2.05, 4.69) is 21.2 Å². The number of halogens is 2. The van der Waals surface area contributed by atoms with Gasteiger partial charge in [-0.15, -0.1) is 11.8 Å². The normalized spacial score (nSPS) is 10.4. The van der Waals surface area contributed by atoms with Crippen LogP contribution in [0.3, 0.4) is 0 Å². The number of nitrogens with one attached hydrogen (secondary N) is 1. The van der Waals surface area contributed by atoms with E-state index in [1.807, 2.05) is 26.0 Å². The van der Waals surface area contributed by atoms with Crippen LogP contribution in [0, 0.1) is 19.7 Å². The van der Waals surface area contributed by atoms with Gasteiger partial charge < -0.3 is 10.1 Å². The number of benzene rings is 2. The highest BCUT2D eigenvalue weighted by Gasteiger charge is 2.11. The minimum Gasteiger partial charge on any atom is -0.455 e. The molecule has 0 aliphatic heterocycles. The second-order valence-corrected chi connectivity index (χ2v) is 7.22. The van der Waals surface area contributed by atoms with Crippen molar-refractivity contribution in [3.63, 3.8) is 0 Å². The Hall–Kier alpha value is -1.86. The molecule has 2 rings (SSSR count). The van der Waals surface area contributed by atoms with E-state index in [0.717, 1.165) is 20.5 Å². The standard InChI is InChI=1S/C18H17BrFNO3S/c1-11-8-16(12(2)7-13(11)19)25-10-18(23)24-9-17(22)21-15-6-4-3-5-14(15)20/h3-8H,9-10H2,1-2H3,(H,21,22). The molecule has 0 heterocycles. The summed E-state index contributed by atoms with van der Waals surface area (Å²) in [5.41, 5.74) is 2.18. The van der Waals surface area contributed by atoms with Crippen LogP contribution in [-0.2, 0) is 14.3 Å². The number of hydrogen-bond donors (Lipinski definition) is 1. The van der Waals surface area contributed by atoms with Gasteiger partial charge in [-0.2, -0.15) is 0 Å². The minimum absolute atomic E-state index is 0.0545. The van der Waals surface area contributed by atoms with E-state index in [-0.39, 0.29) is 11.4 Å². The fourth-order valence-corrected chi connectivity index (χ4v) is 3.34. The lowest BCUT2D eigenvalue weighted by atomic mass is 10.2. The van der Waals surface area contributed by atoms with Crippen LogP contribution in [0.5, 0.6) is 0 Å². The van der Waals surface area contributed by atoms with Gasteiger partial charge in [0.25, 0.3) is 5.91 Å². The topological polar surface area (TPSA) is 55.4 Å². The number of rotatable bonds is 6. The summed E-state index contributed by atoms with van der Waals surface area (Å²) in [5.74, 6) is -1.54. The summed E-state index contributed by atoms with van der Waals surface area (Å²) in [6.45, 7) is 3.48. The van der Waals surface area contributed by atoms with Crippen molar-refractivity contribution in [2.75, 3.05) is 17.7 Å². The van der Waals surface area contributed by atoms with Crippen molar-refractivity contribution in [1.82, 2.24) is 0 Å². The zero-order valence-corrected chi connectivity index (χ0v) is 16.2. The molecule has 0 saturated heterocycles. The number of esters is 1. The van der Waals surface area contributed by atoms with Crippen molar-refractivity contribution in [2.45, 2.75) is 18.7 Å². The molecule has 0 aliphatic carbocycles. The first kappa shape index (κ1) is 19.5. The smallest absolute Gasteiger partial charge is 0.316 e. The van der Waals surface area contributed by atoms with Gasteiger partial charge in [0.2, 0.25) is 0 Å². The Bertz CT molecular complexity index is 798. The van der Waals surface area contributed by atoms with Crippen molar-refractivity contribution >= 4 is 45.3 Å². The molecule has 0 spiro atoms. The Kier molecular flexibility index (Phi) is 7.01. The molecule has 132 valence electrons. The second-order valence-electron chi connectivity index (χ2n) is 5.34. The quantitative estimate of drug-likeness (QED) is 0.547. The number of carbonyl (C=O) groups is 2. The third-order valence-electron chi connectivity index (χ3n) is 3.31. The van der Waals surface area contributed by atoms with Gasteiger partial charge in [-0.1, -0.05) is 28.1 Å². The monoisotopic (exact) mass is 425 g/mol. The number of aryl methyl sites for hydroxylation is 2. The van der Waals surface area contributed by atoms with Crippen LogP contribution in [0.15, 0.2) is 45.8 Å². The summed E-state index contributed by atoms with van der Waals surface area (Å²) in [6, 6.07) is 9.77. The van der Waals surface area contributed by atoms with E-state index in [4.69, 9.17) is 4.74 Å². The highest BCUT2D eigenvalue weighted by Crippen LogP contribution is 2.28. The van der Waals surface area contributed by atoms with Gasteiger partial charge in [0.05, 0.1) is 11.4 Å². The van der Waals surface area contributed by atoms with Crippen LogP contribution >= 0.6 is 27.7 Å². The average molecular weight is 426 g/mol. The Labute approximate surface area is 158 Å². The van der Waals surface area contributed by atoms with Gasteiger partial charge in [0.15, 0.2) is 6.61 Å². The van der Waals surface area contributed by atoms with Crippen molar-refractivity contribution in [2.24, 2.45) is 0 Å². The van der Waals surface area contributed by atoms with Crippen LogP contribution < -0.4 is 5.32 Å². The molecule has 0 radical (unpaired) electrons. The first-order chi connectivity index (χ1) is 11.9. The highest BCUT2D eigenvalue weighted by molar-refractivity contribution is 9.10. The Morgan fingerprint density at radius 1 is 1.20 bits per heavy atom. The van der Waals surface area contributed by atoms with E-state index in [1.165, 1.54) is 30.0 Å². The number of amides is 1. The zero-order valence-electron chi connectivity index (χ0n) is 13.8. The van der Waals surface area contributed by atoms with Gasteiger partial charge in [-0.25, -0.2) is 4.39 Å². The van der Waals surface area contributed by atoms with E-state index in [1.54, 1.807) is 6.07 Å². The van der Waals surface area contributed by atoms with Gasteiger partial charge >= 0.3 is 5.97 Å². The van der Waals surface area contributed by atoms with E-state index in [0.29, 0.717) is 0 Å². The third-order valence-corrected chi connectivity index (χ3v) is 5.30. The predicted octanol–water partition coefficient (Wildman–Crippen LogP) is 4.48. The lowest BCUT2D eigenvalue weighted by Crippen LogP contribution is -2.22. The van der Waals surface area contributed by atoms with Gasteiger partial charge in [-0.05, 0) is 49.2 Å². The first-order valence-corrected chi connectivity index (χ1v) is 9.24. The molecular formula is C18H17BrFNO3S. The lowest BCUT2D eigenvalue weighted by molar-refractivity contribution is -0.144. The molecule has 0 fully saturated rings. The molecule has 1 N–H and O–H groups in total. The van der Waals surface area contributed by atoms with Crippen LogP contribution in [0.2, 0.25) is 0 Å². The first-order valence-electron chi connectivity index (χ1n) is 7.46. The summed E-state index contributed by atoms with van der Waals surface area (Å²) in [7, 11) is 0. The molecule has 0 aromatic heterocycles. The van der Waals surface area contributed by atoms with E-state index in [9.17, 15) is 14.0 Å². The number of ether oxygens (including phenoxy) is 1. The molecule has 2 aromatic carbocycles. The molecule has 0 aliphatic rings. The maximum absolute atomic E-state index is 13.4. The van der Waals surface area contributed by atoms with Gasteiger partial charge in [-0.3, -0.25) is 9.59 Å². The summed E-state index contributed by atoms with van der Waals surface area (Å²) in [4.78, 5) is 24.5. The second kappa shape index (κ2) is 9.01. The summed E-state index contributed by atoms with van der Waals surface area (Å²) >= 11 is 4.81. The fraction of sp³-hybridized carbons (Fsp3) is 0.222. The molecule has 0 unspecified atom stereocenters. The highest BCUT2D eigenvalue weighted by atomic mass is 79.9. The van der Waals surface area contributed by atoms with Crippen molar-refractivity contribution in [3.8, 4) is 0 Å². The molecular weight excluding hydrogens is 409 g/mol. The number of hydrogen-bond acceptors (Lipinski definition) is 4. The Morgan fingerprint density at radius 3 is 2.64 bits per heavy atom. The summed E-state index contributed by atoms with van der Waals surface area (Å²) in [6.07, 6.45) is 0. The maximum atomic E-state index is 13.4. The van der Waals surface area contributed by atoms with Crippen molar-refractivity contribution in [3.05, 3.63) is 57.8 Å². The third kappa shape index (κ3) is 5.86. The lowest BCUT2D eigenvalue weighted by Gasteiger charge is -2.09. The largest absolute Gasteiger partial charge is 0.455 e. The van der Waals surface area contributed by atoms with Gasteiger partial charge in [0, 0.05) is 9.37 Å². The fourth-order valence-electron chi connectivity index (χ4n) is 1.98. The number of carbonyl (C=O) groups excluding carboxylic acids is 2. The van der Waals surface area contributed by atoms with Crippen LogP contribution in [0.1, 0.15) is 11.1 Å². The van der Waals surface area contributed by atoms with Crippen LogP contribution in [0.25, 0.3) is 0 Å². The average Bonchev–Trinajstić information content (AvgIpc) is 2.57. The maximum Gasteiger partial charge on any atom is 0.316 e. The number of thioether (sulfide) groups is 1. The molecule has 0 bridgehead atoms. The molecule has 4 nitrogen and oxygen atoms in total. The molecule has 1 amide bonds. The Morgan fingerprint density at radius 2 is 1.92 bits per heavy atom. The number of para-hydroxylation sites is 1. The minimum atomic E-state index is -0.584. The number of anilines is 1. The molecule has 25 heavy (non-hydrogen) atoms. The molecule has 0 saturated carbocycles. The predicted molar refractivity (Wildman–Crippen MR) is 100 cm³/mol. The van der Waals surface area contributed by atoms with Crippen molar-refractivity contribution in [1.29, 1.82) is 0 Å². The molecule has 0 atom stereocenters. The molecule has 2 aromatic rings.